The van der Waals surface area contributed by atoms with Gasteiger partial charge in [-0.25, -0.2) is 4.79 Å². The smallest absolute Gasteiger partial charge is 0.343 e. The molecule has 2 aliphatic rings. The van der Waals surface area contributed by atoms with E-state index in [9.17, 15) is 22.8 Å². The van der Waals surface area contributed by atoms with Crippen LogP contribution in [-0.2, 0) is 17.4 Å². The van der Waals surface area contributed by atoms with Crippen LogP contribution in [0.3, 0.4) is 0 Å². The number of rotatable bonds is 4. The van der Waals surface area contributed by atoms with E-state index in [0.29, 0.717) is 38.3 Å². The summed E-state index contributed by atoms with van der Waals surface area (Å²) < 4.78 is 38.1. The Kier molecular flexibility index (Phi) is 6.63. The van der Waals surface area contributed by atoms with Gasteiger partial charge >= 0.3 is 12.2 Å². The summed E-state index contributed by atoms with van der Waals surface area (Å²) >= 11 is 0. The molecule has 5 nitrogen and oxygen atoms in total. The summed E-state index contributed by atoms with van der Waals surface area (Å²) in [5, 5.41) is 2.70. The van der Waals surface area contributed by atoms with Gasteiger partial charge in [-0.3, -0.25) is 4.79 Å². The van der Waals surface area contributed by atoms with E-state index in [-0.39, 0.29) is 17.4 Å². The number of urea groups is 1. The lowest BCUT2D eigenvalue weighted by Crippen LogP contribution is -2.45. The number of amides is 3. The Labute approximate surface area is 191 Å². The first-order valence-electron chi connectivity index (χ1n) is 11.3. The lowest BCUT2D eigenvalue weighted by atomic mass is 9.77. The van der Waals surface area contributed by atoms with Gasteiger partial charge < -0.3 is 15.1 Å². The first kappa shape index (κ1) is 23.1. The molecule has 0 atom stereocenters. The molecule has 4 rings (SSSR count). The Hall–Kier alpha value is -3.03. The van der Waals surface area contributed by atoms with Crippen LogP contribution in [0.4, 0.5) is 23.7 Å². The second-order valence-electron chi connectivity index (χ2n) is 9.04. The molecular weight excluding hydrogens is 431 g/mol. The van der Waals surface area contributed by atoms with E-state index in [1.807, 2.05) is 35.2 Å². The molecule has 33 heavy (non-hydrogen) atoms. The van der Waals surface area contributed by atoms with Crippen molar-refractivity contribution >= 4 is 17.6 Å². The van der Waals surface area contributed by atoms with E-state index in [1.165, 1.54) is 12.1 Å². The van der Waals surface area contributed by atoms with Gasteiger partial charge in [0.25, 0.3) is 0 Å². The van der Waals surface area contributed by atoms with E-state index in [4.69, 9.17) is 0 Å². The number of carbonyl (C=O) groups is 2. The van der Waals surface area contributed by atoms with Crippen LogP contribution in [0, 0.1) is 5.41 Å². The quantitative estimate of drug-likeness (QED) is 0.685. The number of benzene rings is 2. The molecule has 0 unspecified atom stereocenters. The number of hydrogen-bond donors (Lipinski definition) is 1. The summed E-state index contributed by atoms with van der Waals surface area (Å²) in [6.45, 7) is 2.60. The van der Waals surface area contributed by atoms with Gasteiger partial charge in [-0.2, -0.15) is 13.2 Å². The van der Waals surface area contributed by atoms with Gasteiger partial charge in [0, 0.05) is 38.3 Å². The van der Waals surface area contributed by atoms with Gasteiger partial charge in [0.05, 0.1) is 5.56 Å². The Bertz CT molecular complexity index is 969. The van der Waals surface area contributed by atoms with Crippen LogP contribution in [0.15, 0.2) is 54.6 Å². The van der Waals surface area contributed by atoms with Crippen LogP contribution in [0.2, 0.25) is 0 Å². The average Bonchev–Trinajstić information content (AvgIpc) is 3.22. The third-order valence-corrected chi connectivity index (χ3v) is 6.84. The maximum absolute atomic E-state index is 12.7. The predicted octanol–water partition coefficient (Wildman–Crippen LogP) is 5.18. The average molecular weight is 460 g/mol. The number of halogens is 3. The van der Waals surface area contributed by atoms with Gasteiger partial charge in [0.1, 0.15) is 0 Å². The first-order valence-corrected chi connectivity index (χ1v) is 11.3. The van der Waals surface area contributed by atoms with Crippen molar-refractivity contribution in [3.63, 3.8) is 0 Å². The third-order valence-electron chi connectivity index (χ3n) is 6.84. The Balaban J connectivity index is 1.25. The van der Waals surface area contributed by atoms with Gasteiger partial charge in [0.15, 0.2) is 0 Å². The Morgan fingerprint density at radius 1 is 0.879 bits per heavy atom. The standard InChI is InChI=1S/C25H28F3N3O2/c26-25(27,28)20-7-9-21(10-8-20)29-23(33)31-17-14-24(18-31)12-15-30(16-13-24)22(32)11-6-19-4-2-1-3-5-19/h1-5,7-10H,6,11-18H2,(H,29,33). The van der Waals surface area contributed by atoms with Crippen LogP contribution in [0.25, 0.3) is 0 Å². The lowest BCUT2D eigenvalue weighted by molar-refractivity contribution is -0.137. The molecule has 0 aliphatic carbocycles. The molecule has 0 aromatic heterocycles. The van der Waals surface area contributed by atoms with Gasteiger partial charge in [-0.15, -0.1) is 0 Å². The highest BCUT2D eigenvalue weighted by Crippen LogP contribution is 2.40. The van der Waals surface area contributed by atoms with Gasteiger partial charge in [-0.05, 0) is 60.9 Å². The van der Waals surface area contributed by atoms with Crippen molar-refractivity contribution in [2.75, 3.05) is 31.5 Å². The van der Waals surface area contributed by atoms with Crippen LogP contribution in [0.1, 0.15) is 36.8 Å². The zero-order chi connectivity index (χ0) is 23.5. The lowest BCUT2D eigenvalue weighted by Gasteiger charge is -2.39. The number of anilines is 1. The van der Waals surface area contributed by atoms with Crippen molar-refractivity contribution in [2.45, 2.75) is 38.3 Å². The maximum Gasteiger partial charge on any atom is 0.416 e. The summed E-state index contributed by atoms with van der Waals surface area (Å²) in [6.07, 6.45) is -0.582. The van der Waals surface area contributed by atoms with Crippen LogP contribution in [0.5, 0.6) is 0 Å². The van der Waals surface area contributed by atoms with E-state index < -0.39 is 11.7 Å². The largest absolute Gasteiger partial charge is 0.416 e. The maximum atomic E-state index is 12.7. The van der Waals surface area contributed by atoms with E-state index in [1.54, 1.807) is 4.90 Å². The molecule has 176 valence electrons. The molecule has 2 saturated heterocycles. The highest BCUT2D eigenvalue weighted by molar-refractivity contribution is 5.89. The minimum Gasteiger partial charge on any atom is -0.343 e. The van der Waals surface area contributed by atoms with Crippen LogP contribution in [-0.4, -0.2) is 47.9 Å². The fourth-order valence-electron chi connectivity index (χ4n) is 4.75. The summed E-state index contributed by atoms with van der Waals surface area (Å²) in [5.41, 5.74) is 0.761. The summed E-state index contributed by atoms with van der Waals surface area (Å²) in [6, 6.07) is 14.1. The molecule has 1 N–H and O–H groups in total. The number of nitrogens with one attached hydrogen (secondary N) is 1. The molecule has 1 spiro atoms. The Morgan fingerprint density at radius 2 is 1.48 bits per heavy atom. The van der Waals surface area contributed by atoms with Crippen LogP contribution >= 0.6 is 0 Å². The van der Waals surface area contributed by atoms with Gasteiger partial charge in [0.2, 0.25) is 5.91 Å². The number of likely N-dealkylation sites (tertiary alicyclic amines) is 2. The van der Waals surface area contributed by atoms with Crippen LogP contribution < -0.4 is 5.32 Å². The predicted molar refractivity (Wildman–Crippen MR) is 120 cm³/mol. The number of alkyl halides is 3. The highest BCUT2D eigenvalue weighted by Gasteiger charge is 2.42. The SMILES string of the molecule is O=C(CCc1ccccc1)N1CCC2(CC1)CCN(C(=O)Nc1ccc(C(F)(F)F)cc1)C2. The van der Waals surface area contributed by atoms with Crippen molar-refractivity contribution in [1.82, 2.24) is 9.80 Å². The second kappa shape index (κ2) is 9.45. The fourth-order valence-corrected chi connectivity index (χ4v) is 4.75. The monoisotopic (exact) mass is 459 g/mol. The molecule has 8 heteroatoms. The number of carbonyl (C=O) groups excluding carboxylic acids is 2. The number of nitrogens with zero attached hydrogens (tertiary/aromatic N) is 2. The van der Waals surface area contributed by atoms with Crippen molar-refractivity contribution in [3.8, 4) is 0 Å². The molecule has 0 saturated carbocycles. The first-order chi connectivity index (χ1) is 15.7. The van der Waals surface area contributed by atoms with Crippen molar-refractivity contribution in [1.29, 1.82) is 0 Å². The van der Waals surface area contributed by atoms with Crippen molar-refractivity contribution in [2.24, 2.45) is 5.41 Å². The highest BCUT2D eigenvalue weighted by atomic mass is 19.4. The fraction of sp³-hybridized carbons (Fsp3) is 0.440. The van der Waals surface area contributed by atoms with E-state index in [0.717, 1.165) is 43.4 Å². The molecular formula is C25H28F3N3O2. The number of piperidine rings is 1. The topological polar surface area (TPSA) is 52.7 Å². The zero-order valence-electron chi connectivity index (χ0n) is 18.4. The summed E-state index contributed by atoms with van der Waals surface area (Å²) in [5.74, 6) is 0.170. The zero-order valence-corrected chi connectivity index (χ0v) is 18.4. The van der Waals surface area contributed by atoms with Crippen molar-refractivity contribution < 1.29 is 22.8 Å². The molecule has 2 aliphatic heterocycles. The van der Waals surface area contributed by atoms with Crippen molar-refractivity contribution in [3.05, 3.63) is 65.7 Å². The molecule has 3 amide bonds. The van der Waals surface area contributed by atoms with Gasteiger partial charge in [-0.1, -0.05) is 30.3 Å². The summed E-state index contributed by atoms with van der Waals surface area (Å²) in [7, 11) is 0. The molecule has 2 heterocycles. The Morgan fingerprint density at radius 3 is 2.09 bits per heavy atom. The number of hydrogen-bond acceptors (Lipinski definition) is 2. The number of aryl methyl sites for hydroxylation is 1. The minimum absolute atomic E-state index is 0.00763. The van der Waals surface area contributed by atoms with E-state index in [2.05, 4.69) is 5.32 Å². The molecule has 2 aromatic carbocycles. The molecule has 2 fully saturated rings. The van der Waals surface area contributed by atoms with E-state index >= 15 is 0 Å². The second-order valence-corrected chi connectivity index (χ2v) is 9.04. The summed E-state index contributed by atoms with van der Waals surface area (Å²) in [4.78, 5) is 28.9. The minimum atomic E-state index is -4.40. The third kappa shape index (κ3) is 5.67. The molecule has 0 bridgehead atoms. The normalized spacial score (nSPS) is 17.9. The molecule has 2 aromatic rings. The molecule has 0 radical (unpaired) electrons.